The lowest BCUT2D eigenvalue weighted by Gasteiger charge is -2.35. The van der Waals surface area contributed by atoms with E-state index in [1.54, 1.807) is 0 Å². The second-order valence-corrected chi connectivity index (χ2v) is 5.62. The van der Waals surface area contributed by atoms with Crippen LogP contribution in [0.2, 0.25) is 0 Å². The molecule has 0 spiro atoms. The summed E-state index contributed by atoms with van der Waals surface area (Å²) in [6, 6.07) is 0. The molecule has 1 saturated carbocycles. The van der Waals surface area contributed by atoms with Crippen LogP contribution in [0.5, 0.6) is 0 Å². The van der Waals surface area contributed by atoms with Gasteiger partial charge in [0.15, 0.2) is 0 Å². The lowest BCUT2D eigenvalue weighted by Crippen LogP contribution is -2.41. The highest BCUT2D eigenvalue weighted by Gasteiger charge is 2.33. The molecule has 1 N–H and O–H groups in total. The Labute approximate surface area is 105 Å². The van der Waals surface area contributed by atoms with E-state index in [-0.39, 0.29) is 12.5 Å². The summed E-state index contributed by atoms with van der Waals surface area (Å²) in [6.45, 7) is 9.20. The zero-order valence-electron chi connectivity index (χ0n) is 11.5. The van der Waals surface area contributed by atoms with E-state index in [4.69, 9.17) is 5.11 Å². The summed E-state index contributed by atoms with van der Waals surface area (Å²) in [5.74, 6) is 1.65. The fraction of sp³-hybridized carbons (Fsp3) is 0.929. The Kier molecular flexibility index (Phi) is 6.14. The largest absolute Gasteiger partial charge is 0.395 e. The van der Waals surface area contributed by atoms with E-state index >= 15 is 0 Å². The average molecular weight is 241 g/mol. The molecule has 0 heterocycles. The maximum atomic E-state index is 12.1. The molecule has 17 heavy (non-hydrogen) atoms. The third-order valence-corrected chi connectivity index (χ3v) is 3.84. The fourth-order valence-corrected chi connectivity index (χ4v) is 3.01. The van der Waals surface area contributed by atoms with Crippen LogP contribution in [0.1, 0.15) is 40.0 Å². The second-order valence-electron chi connectivity index (χ2n) is 5.62. The van der Waals surface area contributed by atoms with Gasteiger partial charge in [-0.3, -0.25) is 4.79 Å². The molecule has 3 heteroatoms. The first-order valence-corrected chi connectivity index (χ1v) is 6.94. The van der Waals surface area contributed by atoms with Gasteiger partial charge >= 0.3 is 0 Å². The lowest BCUT2D eigenvalue weighted by atomic mass is 9.74. The molecular formula is C14H27NO2. The van der Waals surface area contributed by atoms with E-state index in [1.807, 2.05) is 0 Å². The third kappa shape index (κ3) is 4.40. The molecule has 1 rings (SSSR count). The zero-order chi connectivity index (χ0) is 12.8. The Morgan fingerprint density at radius 1 is 1.35 bits per heavy atom. The van der Waals surface area contributed by atoms with Gasteiger partial charge in [0.1, 0.15) is 5.78 Å². The minimum absolute atomic E-state index is 0.185. The molecule has 100 valence electrons. The summed E-state index contributed by atoms with van der Waals surface area (Å²) in [7, 11) is 0. The van der Waals surface area contributed by atoms with E-state index in [0.717, 1.165) is 32.4 Å². The van der Waals surface area contributed by atoms with Crippen molar-refractivity contribution < 1.29 is 9.90 Å². The van der Waals surface area contributed by atoms with E-state index < -0.39 is 0 Å². The van der Waals surface area contributed by atoms with Gasteiger partial charge in [0.05, 0.1) is 6.61 Å². The van der Waals surface area contributed by atoms with Gasteiger partial charge in [-0.1, -0.05) is 20.8 Å². The minimum Gasteiger partial charge on any atom is -0.395 e. The Balaban J connectivity index is 2.54. The van der Waals surface area contributed by atoms with Crippen molar-refractivity contribution in [3.8, 4) is 0 Å². The molecule has 0 saturated heterocycles. The highest BCUT2D eigenvalue weighted by molar-refractivity contribution is 5.82. The summed E-state index contributed by atoms with van der Waals surface area (Å²) in [5.41, 5.74) is 0. The molecule has 0 bridgehead atoms. The molecular weight excluding hydrogens is 214 g/mol. The Hall–Kier alpha value is -0.410. The first-order chi connectivity index (χ1) is 8.08. The molecule has 0 radical (unpaired) electrons. The number of nitrogens with zero attached hydrogens (tertiary/aromatic N) is 1. The maximum Gasteiger partial charge on any atom is 0.137 e. The van der Waals surface area contributed by atoms with Gasteiger partial charge in [-0.25, -0.2) is 0 Å². The van der Waals surface area contributed by atoms with Crippen LogP contribution in [-0.4, -0.2) is 42.0 Å². The van der Waals surface area contributed by atoms with Gasteiger partial charge in [0, 0.05) is 25.4 Å². The summed E-state index contributed by atoms with van der Waals surface area (Å²) in [6.07, 6.45) is 2.98. The van der Waals surface area contributed by atoms with E-state index in [2.05, 4.69) is 25.7 Å². The number of ketones is 1. The van der Waals surface area contributed by atoms with Crippen LogP contribution in [0, 0.1) is 17.8 Å². The van der Waals surface area contributed by atoms with Crippen LogP contribution in [0.25, 0.3) is 0 Å². The van der Waals surface area contributed by atoms with Crippen molar-refractivity contribution in [3.63, 3.8) is 0 Å². The van der Waals surface area contributed by atoms with Gasteiger partial charge in [-0.15, -0.1) is 0 Å². The number of hydrogen-bond acceptors (Lipinski definition) is 3. The predicted octanol–water partition coefficient (Wildman–Crippen LogP) is 1.94. The molecule has 0 aromatic carbocycles. The number of carbonyl (C=O) groups excluding carboxylic acids is 1. The van der Waals surface area contributed by atoms with E-state index in [1.165, 1.54) is 0 Å². The van der Waals surface area contributed by atoms with Gasteiger partial charge in [0.2, 0.25) is 0 Å². The number of hydrogen-bond donors (Lipinski definition) is 1. The molecule has 0 aromatic heterocycles. The molecule has 3 unspecified atom stereocenters. The number of carbonyl (C=O) groups is 1. The quantitative estimate of drug-likeness (QED) is 0.772. The highest BCUT2D eigenvalue weighted by Crippen LogP contribution is 2.31. The molecule has 0 aromatic rings. The van der Waals surface area contributed by atoms with E-state index in [0.29, 0.717) is 24.2 Å². The Morgan fingerprint density at radius 2 is 2.06 bits per heavy atom. The second kappa shape index (κ2) is 7.12. The molecule has 3 nitrogen and oxygen atoms in total. The van der Waals surface area contributed by atoms with Gasteiger partial charge in [0.25, 0.3) is 0 Å². The lowest BCUT2D eigenvalue weighted by molar-refractivity contribution is -0.128. The van der Waals surface area contributed by atoms with Crippen molar-refractivity contribution in [1.29, 1.82) is 0 Å². The standard InChI is InChI=1S/C14H27NO2/c1-4-5-15(6-7-16)10-13-12(3)8-11(2)9-14(13)17/h11-13,16H,4-10H2,1-3H3. The summed E-state index contributed by atoms with van der Waals surface area (Å²) in [5, 5.41) is 9.04. The number of Topliss-reactive ketones (excluding diaryl/α,β-unsaturated/α-hetero) is 1. The summed E-state index contributed by atoms with van der Waals surface area (Å²) >= 11 is 0. The van der Waals surface area contributed by atoms with E-state index in [9.17, 15) is 4.79 Å². The Bertz CT molecular complexity index is 236. The summed E-state index contributed by atoms with van der Waals surface area (Å²) in [4.78, 5) is 14.3. The van der Waals surface area contributed by atoms with Crippen molar-refractivity contribution in [2.45, 2.75) is 40.0 Å². The number of rotatable bonds is 6. The van der Waals surface area contributed by atoms with Gasteiger partial charge in [-0.2, -0.15) is 0 Å². The number of aliphatic hydroxyl groups excluding tert-OH is 1. The molecule has 3 atom stereocenters. The minimum atomic E-state index is 0.185. The van der Waals surface area contributed by atoms with Crippen LogP contribution in [0.3, 0.4) is 0 Å². The van der Waals surface area contributed by atoms with Crippen LogP contribution in [0.4, 0.5) is 0 Å². The topological polar surface area (TPSA) is 40.5 Å². The van der Waals surface area contributed by atoms with Gasteiger partial charge < -0.3 is 10.0 Å². The average Bonchev–Trinajstić information content (AvgIpc) is 2.23. The molecule has 1 aliphatic carbocycles. The normalized spacial score (nSPS) is 29.9. The van der Waals surface area contributed by atoms with Crippen LogP contribution in [-0.2, 0) is 4.79 Å². The van der Waals surface area contributed by atoms with Crippen LogP contribution >= 0.6 is 0 Å². The monoisotopic (exact) mass is 241 g/mol. The fourth-order valence-electron chi connectivity index (χ4n) is 3.01. The van der Waals surface area contributed by atoms with Crippen LogP contribution in [0.15, 0.2) is 0 Å². The third-order valence-electron chi connectivity index (χ3n) is 3.84. The first-order valence-electron chi connectivity index (χ1n) is 6.94. The van der Waals surface area contributed by atoms with Crippen molar-refractivity contribution in [2.24, 2.45) is 17.8 Å². The first kappa shape index (κ1) is 14.7. The van der Waals surface area contributed by atoms with Gasteiger partial charge in [-0.05, 0) is 31.2 Å². The number of aliphatic hydroxyl groups is 1. The SMILES string of the molecule is CCCN(CCO)CC1C(=O)CC(C)CC1C. The van der Waals surface area contributed by atoms with Crippen LogP contribution < -0.4 is 0 Å². The van der Waals surface area contributed by atoms with Crippen molar-refractivity contribution >= 4 is 5.78 Å². The summed E-state index contributed by atoms with van der Waals surface area (Å²) < 4.78 is 0. The zero-order valence-corrected chi connectivity index (χ0v) is 11.5. The Morgan fingerprint density at radius 3 is 2.59 bits per heavy atom. The van der Waals surface area contributed by atoms with Crippen molar-refractivity contribution in [2.75, 3.05) is 26.2 Å². The molecule has 1 aliphatic rings. The molecule has 1 fully saturated rings. The van der Waals surface area contributed by atoms with Crippen molar-refractivity contribution in [3.05, 3.63) is 0 Å². The smallest absolute Gasteiger partial charge is 0.137 e. The predicted molar refractivity (Wildman–Crippen MR) is 69.9 cm³/mol. The molecule has 0 aliphatic heterocycles. The molecule has 0 amide bonds. The van der Waals surface area contributed by atoms with Crippen molar-refractivity contribution in [1.82, 2.24) is 4.90 Å². The maximum absolute atomic E-state index is 12.1. The highest BCUT2D eigenvalue weighted by atomic mass is 16.3.